The minimum Gasteiger partial charge on any atom is -0.496 e. The van der Waals surface area contributed by atoms with Gasteiger partial charge in [0.05, 0.1) is 55.9 Å². The van der Waals surface area contributed by atoms with E-state index in [1.54, 1.807) is 64.9 Å². The van der Waals surface area contributed by atoms with E-state index in [1.165, 1.54) is 11.3 Å². The van der Waals surface area contributed by atoms with Crippen LogP contribution in [0.25, 0.3) is 6.08 Å². The van der Waals surface area contributed by atoms with Gasteiger partial charge < -0.3 is 23.7 Å². The molecule has 0 amide bonds. The molecule has 1 aliphatic heterocycles. The first kappa shape index (κ1) is 28.0. The standard InChI is InChI=1S/C29H32N2O7S/c1-8-37-20-11-9-18(10-12-20)26-25(28(33)38-16(2)3)17(4)30-29-31(26)27(32)24(39-29)14-19-13-22(35-6)23(36-7)15-21(19)34-5/h9-16,26H,8H2,1-7H3/b24-14+/t26-/m1/s1. The fourth-order valence-electron chi connectivity index (χ4n) is 4.40. The van der Waals surface area contributed by atoms with Crippen LogP contribution in [0, 0.1) is 0 Å². The van der Waals surface area contributed by atoms with Crippen LogP contribution in [0.2, 0.25) is 0 Å². The van der Waals surface area contributed by atoms with E-state index in [0.29, 0.717) is 55.8 Å². The Balaban J connectivity index is 1.94. The third-order valence-electron chi connectivity index (χ3n) is 6.11. The van der Waals surface area contributed by atoms with Crippen molar-refractivity contribution in [2.24, 2.45) is 4.99 Å². The number of hydrogen-bond acceptors (Lipinski definition) is 9. The van der Waals surface area contributed by atoms with Crippen LogP contribution in [-0.2, 0) is 9.53 Å². The van der Waals surface area contributed by atoms with E-state index in [2.05, 4.69) is 4.99 Å². The lowest BCUT2D eigenvalue weighted by Crippen LogP contribution is -2.40. The summed E-state index contributed by atoms with van der Waals surface area (Å²) in [5.41, 5.74) is 1.89. The zero-order chi connectivity index (χ0) is 28.3. The molecule has 3 aromatic rings. The summed E-state index contributed by atoms with van der Waals surface area (Å²) in [6.07, 6.45) is 1.39. The number of fused-ring (bicyclic) bond motifs is 1. The van der Waals surface area contributed by atoms with Crippen molar-refractivity contribution in [3.05, 3.63) is 78.5 Å². The zero-order valence-corrected chi connectivity index (χ0v) is 23.9. The van der Waals surface area contributed by atoms with Gasteiger partial charge in [-0.2, -0.15) is 0 Å². The Morgan fingerprint density at radius 2 is 1.69 bits per heavy atom. The van der Waals surface area contributed by atoms with E-state index in [0.717, 1.165) is 5.56 Å². The molecule has 39 heavy (non-hydrogen) atoms. The topological polar surface area (TPSA) is 97.6 Å². The highest BCUT2D eigenvalue weighted by molar-refractivity contribution is 7.07. The number of carbonyl (C=O) groups is 1. The first-order valence-corrected chi connectivity index (χ1v) is 13.3. The van der Waals surface area contributed by atoms with Crippen molar-refractivity contribution in [1.82, 2.24) is 4.57 Å². The molecular formula is C29H32N2O7S. The zero-order valence-electron chi connectivity index (χ0n) is 23.1. The van der Waals surface area contributed by atoms with E-state index in [1.807, 2.05) is 31.2 Å². The highest BCUT2D eigenvalue weighted by Crippen LogP contribution is 2.35. The van der Waals surface area contributed by atoms with Crippen molar-refractivity contribution in [1.29, 1.82) is 0 Å². The maximum Gasteiger partial charge on any atom is 0.338 e. The van der Waals surface area contributed by atoms with Crippen LogP contribution in [0.3, 0.4) is 0 Å². The molecule has 0 bridgehead atoms. The minimum absolute atomic E-state index is 0.295. The number of esters is 1. The number of carbonyl (C=O) groups excluding carboxylic acids is 1. The molecule has 0 saturated carbocycles. The van der Waals surface area contributed by atoms with Gasteiger partial charge in [-0.3, -0.25) is 9.36 Å². The Morgan fingerprint density at radius 3 is 2.28 bits per heavy atom. The number of ether oxygens (including phenoxy) is 5. The summed E-state index contributed by atoms with van der Waals surface area (Å²) in [6, 6.07) is 10.1. The van der Waals surface area contributed by atoms with Gasteiger partial charge in [0.25, 0.3) is 5.56 Å². The summed E-state index contributed by atoms with van der Waals surface area (Å²) >= 11 is 1.23. The van der Waals surface area contributed by atoms with Crippen LogP contribution in [0.1, 0.15) is 44.9 Å². The SMILES string of the molecule is CCOc1ccc([C@@H]2C(C(=O)OC(C)C)=C(C)N=c3s/c(=C/c4cc(OC)c(OC)cc4OC)c(=O)n32)cc1. The number of benzene rings is 2. The summed E-state index contributed by atoms with van der Waals surface area (Å²) in [4.78, 5) is 32.3. The molecule has 0 fully saturated rings. The summed E-state index contributed by atoms with van der Waals surface area (Å²) in [6.45, 7) is 7.76. The summed E-state index contributed by atoms with van der Waals surface area (Å²) < 4.78 is 29.5. The number of allylic oxidation sites excluding steroid dienone is 1. The predicted octanol–water partition coefficient (Wildman–Crippen LogP) is 3.61. The molecule has 1 atom stereocenters. The lowest BCUT2D eigenvalue weighted by atomic mass is 9.96. The highest BCUT2D eigenvalue weighted by atomic mass is 32.1. The van der Waals surface area contributed by atoms with Gasteiger partial charge in [-0.1, -0.05) is 23.5 Å². The molecule has 0 saturated heterocycles. The Hall–Kier alpha value is -4.05. The van der Waals surface area contributed by atoms with E-state index in [-0.39, 0.29) is 11.7 Å². The Kier molecular flexibility index (Phi) is 8.44. The van der Waals surface area contributed by atoms with Gasteiger partial charge in [0.15, 0.2) is 16.3 Å². The van der Waals surface area contributed by atoms with Gasteiger partial charge in [-0.15, -0.1) is 0 Å². The molecule has 0 aliphatic carbocycles. The number of hydrogen-bond donors (Lipinski definition) is 0. The maximum atomic E-state index is 13.9. The van der Waals surface area contributed by atoms with Gasteiger partial charge >= 0.3 is 5.97 Å². The van der Waals surface area contributed by atoms with Crippen LogP contribution in [0.5, 0.6) is 23.0 Å². The maximum absolute atomic E-state index is 13.9. The van der Waals surface area contributed by atoms with Crippen molar-refractivity contribution in [2.45, 2.75) is 39.8 Å². The third kappa shape index (κ3) is 5.56. The normalized spacial score (nSPS) is 15.1. The fraction of sp³-hybridized carbons (Fsp3) is 0.345. The van der Waals surface area contributed by atoms with Crippen LogP contribution < -0.4 is 33.8 Å². The van der Waals surface area contributed by atoms with Gasteiger partial charge in [0.1, 0.15) is 11.5 Å². The van der Waals surface area contributed by atoms with Crippen molar-refractivity contribution >= 4 is 23.4 Å². The van der Waals surface area contributed by atoms with Gasteiger partial charge in [0.2, 0.25) is 0 Å². The molecule has 4 rings (SSSR count). The summed E-state index contributed by atoms with van der Waals surface area (Å²) in [7, 11) is 4.63. The second-order valence-corrected chi connectivity index (χ2v) is 10.00. The molecule has 0 spiro atoms. The largest absolute Gasteiger partial charge is 0.496 e. The van der Waals surface area contributed by atoms with Crippen molar-refractivity contribution < 1.29 is 28.5 Å². The first-order chi connectivity index (χ1) is 18.7. The lowest BCUT2D eigenvalue weighted by Gasteiger charge is -2.25. The summed E-state index contributed by atoms with van der Waals surface area (Å²) in [5, 5.41) is 0. The highest BCUT2D eigenvalue weighted by Gasteiger charge is 2.34. The van der Waals surface area contributed by atoms with E-state index >= 15 is 0 Å². The molecule has 10 heteroatoms. The Morgan fingerprint density at radius 1 is 1.05 bits per heavy atom. The monoisotopic (exact) mass is 552 g/mol. The van der Waals surface area contributed by atoms with Crippen LogP contribution in [0.4, 0.5) is 0 Å². The number of methoxy groups -OCH3 is 3. The van der Waals surface area contributed by atoms with Crippen LogP contribution >= 0.6 is 11.3 Å². The van der Waals surface area contributed by atoms with Crippen molar-refractivity contribution in [3.63, 3.8) is 0 Å². The van der Waals surface area contributed by atoms with Crippen molar-refractivity contribution in [3.8, 4) is 23.0 Å². The molecule has 9 nitrogen and oxygen atoms in total. The Bertz CT molecular complexity index is 1580. The van der Waals surface area contributed by atoms with E-state index in [9.17, 15) is 9.59 Å². The smallest absolute Gasteiger partial charge is 0.338 e. The quantitative estimate of drug-likeness (QED) is 0.374. The molecule has 0 unspecified atom stereocenters. The minimum atomic E-state index is -0.724. The van der Waals surface area contributed by atoms with Gasteiger partial charge in [0, 0.05) is 11.6 Å². The molecule has 206 valence electrons. The lowest BCUT2D eigenvalue weighted by molar-refractivity contribution is -0.143. The predicted molar refractivity (Wildman–Crippen MR) is 149 cm³/mol. The van der Waals surface area contributed by atoms with Crippen LogP contribution in [-0.4, -0.2) is 44.6 Å². The van der Waals surface area contributed by atoms with E-state index < -0.39 is 12.0 Å². The number of aromatic nitrogens is 1. The second-order valence-electron chi connectivity index (χ2n) is 8.99. The molecule has 0 radical (unpaired) electrons. The number of nitrogens with zero attached hydrogens (tertiary/aromatic N) is 2. The second kappa shape index (κ2) is 11.8. The average Bonchev–Trinajstić information content (AvgIpc) is 3.21. The average molecular weight is 553 g/mol. The number of thiazole rings is 1. The molecule has 1 aliphatic rings. The van der Waals surface area contributed by atoms with Gasteiger partial charge in [-0.05, 0) is 57.5 Å². The first-order valence-electron chi connectivity index (χ1n) is 12.5. The molecule has 1 aromatic heterocycles. The van der Waals surface area contributed by atoms with E-state index in [4.69, 9.17) is 23.7 Å². The fourth-order valence-corrected chi connectivity index (χ4v) is 5.43. The number of rotatable bonds is 9. The van der Waals surface area contributed by atoms with Gasteiger partial charge in [-0.25, -0.2) is 9.79 Å². The molecule has 2 aromatic carbocycles. The molecule has 0 N–H and O–H groups in total. The summed E-state index contributed by atoms with van der Waals surface area (Å²) in [5.74, 6) is 1.70. The molecular weight excluding hydrogens is 520 g/mol. The Labute approximate surface area is 230 Å². The molecule has 2 heterocycles. The van der Waals surface area contributed by atoms with Crippen LogP contribution in [0.15, 0.2) is 57.5 Å². The third-order valence-corrected chi connectivity index (χ3v) is 7.10. The van der Waals surface area contributed by atoms with Crippen molar-refractivity contribution in [2.75, 3.05) is 27.9 Å².